The Morgan fingerprint density at radius 3 is 2.68 bits per heavy atom. The second-order valence-corrected chi connectivity index (χ2v) is 7.53. The van der Waals surface area contributed by atoms with Gasteiger partial charge in [-0.2, -0.15) is 4.98 Å². The largest absolute Gasteiger partial charge is 0.477 e. The maximum absolute atomic E-state index is 9.49. The average molecular weight is 445 g/mol. The quantitative estimate of drug-likeness (QED) is 0.373. The summed E-state index contributed by atoms with van der Waals surface area (Å²) < 4.78 is 16.5. The number of aliphatic hydroxyl groups excluding tert-OH is 2. The summed E-state index contributed by atoms with van der Waals surface area (Å²) in [5, 5.41) is 24.1. The minimum absolute atomic E-state index is 0.265. The molecule has 162 valence electrons. The van der Waals surface area contributed by atoms with Gasteiger partial charge in [0.2, 0.25) is 11.7 Å². The number of aromatic nitrogens is 3. The topological polar surface area (TPSA) is 141 Å². The van der Waals surface area contributed by atoms with Gasteiger partial charge in [0.15, 0.2) is 0 Å². The smallest absolute Gasteiger partial charge is 0.259 e. The molecule has 0 atom stereocenters. The predicted molar refractivity (Wildman–Crippen MR) is 114 cm³/mol. The number of benzene rings is 1. The molecule has 0 fully saturated rings. The molecule has 0 saturated carbocycles. The maximum atomic E-state index is 9.49. The summed E-state index contributed by atoms with van der Waals surface area (Å²) in [4.78, 5) is 8.64. The third-order valence-corrected chi connectivity index (χ3v) is 5.02. The number of hydrogen-bond donors (Lipinski definition) is 3. The molecule has 4 aromatic rings. The van der Waals surface area contributed by atoms with Crippen LogP contribution in [0.3, 0.4) is 0 Å². The first-order chi connectivity index (χ1) is 15.0. The highest BCUT2D eigenvalue weighted by molar-refractivity contribution is 6.32. The highest BCUT2D eigenvalue weighted by Gasteiger charge is 2.30. The van der Waals surface area contributed by atoms with E-state index in [-0.39, 0.29) is 11.7 Å². The van der Waals surface area contributed by atoms with Gasteiger partial charge in [-0.1, -0.05) is 23.7 Å². The minimum Gasteiger partial charge on any atom is -0.477 e. The lowest BCUT2D eigenvalue weighted by Crippen LogP contribution is -2.43. The molecule has 0 spiro atoms. The Morgan fingerprint density at radius 1 is 1.16 bits per heavy atom. The van der Waals surface area contributed by atoms with E-state index in [0.717, 1.165) is 11.8 Å². The van der Waals surface area contributed by atoms with Crippen molar-refractivity contribution >= 4 is 22.6 Å². The van der Waals surface area contributed by atoms with Crippen LogP contribution in [0, 0.1) is 0 Å². The first-order valence-corrected chi connectivity index (χ1v) is 10.0. The number of aliphatic hydroxyl groups is 2. The van der Waals surface area contributed by atoms with Crippen molar-refractivity contribution in [3.63, 3.8) is 0 Å². The lowest BCUT2D eigenvalue weighted by atomic mass is 10.00. The Bertz CT molecular complexity index is 1200. The van der Waals surface area contributed by atoms with E-state index in [1.54, 1.807) is 36.5 Å². The molecule has 0 aliphatic carbocycles. The highest BCUT2D eigenvalue weighted by atomic mass is 35.5. The molecular formula is C21H21ClN4O5. The Labute approximate surface area is 182 Å². The van der Waals surface area contributed by atoms with Crippen LogP contribution < -0.4 is 10.5 Å². The predicted octanol–water partition coefficient (Wildman–Crippen LogP) is 3.13. The number of ether oxygens (including phenoxy) is 1. The Morgan fingerprint density at radius 2 is 1.97 bits per heavy atom. The van der Waals surface area contributed by atoms with Gasteiger partial charge in [-0.05, 0) is 36.8 Å². The summed E-state index contributed by atoms with van der Waals surface area (Å²) >= 11 is 6.23. The Hall–Kier alpha value is -2.98. The molecule has 10 heteroatoms. The summed E-state index contributed by atoms with van der Waals surface area (Å²) in [5.41, 5.74) is 6.43. The number of fused-ring (bicyclic) bond motifs is 1. The van der Waals surface area contributed by atoms with Gasteiger partial charge < -0.3 is 29.6 Å². The van der Waals surface area contributed by atoms with Crippen molar-refractivity contribution in [2.75, 3.05) is 19.8 Å². The molecule has 0 aliphatic heterocycles. The molecule has 9 nitrogen and oxygen atoms in total. The van der Waals surface area contributed by atoms with Crippen LogP contribution in [0.5, 0.6) is 5.88 Å². The molecule has 0 aliphatic rings. The number of hydrogen-bond acceptors (Lipinski definition) is 9. The maximum Gasteiger partial charge on any atom is 0.259 e. The molecule has 4 rings (SSSR count). The summed E-state index contributed by atoms with van der Waals surface area (Å²) in [7, 11) is 0. The van der Waals surface area contributed by atoms with Crippen molar-refractivity contribution in [3.05, 3.63) is 47.3 Å². The lowest BCUT2D eigenvalue weighted by Gasteiger charge is -2.21. The van der Waals surface area contributed by atoms with Crippen molar-refractivity contribution < 1.29 is 23.9 Å². The zero-order chi connectivity index (χ0) is 22.0. The van der Waals surface area contributed by atoms with Crippen LogP contribution >= 0.6 is 11.6 Å². The van der Waals surface area contributed by atoms with Gasteiger partial charge >= 0.3 is 0 Å². The highest BCUT2D eigenvalue weighted by Crippen LogP contribution is 2.31. The molecule has 0 amide bonds. The van der Waals surface area contributed by atoms with Crippen LogP contribution in [0.15, 0.2) is 45.5 Å². The van der Waals surface area contributed by atoms with Crippen molar-refractivity contribution in [2.45, 2.75) is 18.9 Å². The van der Waals surface area contributed by atoms with Crippen LogP contribution in [-0.4, -0.2) is 45.2 Å². The van der Waals surface area contributed by atoms with Gasteiger partial charge in [-0.25, -0.2) is 4.98 Å². The second kappa shape index (κ2) is 8.64. The number of halogens is 1. The Balaban J connectivity index is 1.62. The van der Waals surface area contributed by atoms with Crippen molar-refractivity contribution in [1.82, 2.24) is 15.1 Å². The van der Waals surface area contributed by atoms with Gasteiger partial charge in [-0.3, -0.25) is 0 Å². The third-order valence-electron chi connectivity index (χ3n) is 4.75. The monoisotopic (exact) mass is 444 g/mol. The van der Waals surface area contributed by atoms with Crippen molar-refractivity contribution in [2.24, 2.45) is 5.73 Å². The number of furan rings is 1. The van der Waals surface area contributed by atoms with E-state index in [1.807, 2.05) is 6.92 Å². The second-order valence-electron chi connectivity index (χ2n) is 7.12. The fourth-order valence-electron chi connectivity index (χ4n) is 2.94. The summed E-state index contributed by atoms with van der Waals surface area (Å²) in [6.45, 7) is 1.61. The normalized spacial score (nSPS) is 11.9. The minimum atomic E-state index is -1.36. The molecule has 0 bridgehead atoms. The van der Waals surface area contributed by atoms with Crippen molar-refractivity contribution in [3.8, 4) is 28.7 Å². The lowest BCUT2D eigenvalue weighted by molar-refractivity contribution is 0.105. The van der Waals surface area contributed by atoms with E-state index < -0.39 is 18.8 Å². The molecule has 3 aromatic heterocycles. The summed E-state index contributed by atoms with van der Waals surface area (Å²) in [6, 6.07) is 8.64. The van der Waals surface area contributed by atoms with Gasteiger partial charge in [0.1, 0.15) is 21.9 Å². The molecular weight excluding hydrogens is 424 g/mol. The molecule has 4 N–H and O–H groups in total. The van der Waals surface area contributed by atoms with Crippen LogP contribution in [-0.2, 0) is 5.54 Å². The molecule has 1 aromatic carbocycles. The average Bonchev–Trinajstić information content (AvgIpc) is 3.45. The zero-order valence-electron chi connectivity index (χ0n) is 16.7. The van der Waals surface area contributed by atoms with E-state index >= 15 is 0 Å². The fourth-order valence-corrected chi connectivity index (χ4v) is 3.16. The van der Waals surface area contributed by atoms with Gasteiger partial charge in [0.25, 0.3) is 5.89 Å². The number of nitrogens with zero attached hydrogens (tertiary/aromatic N) is 3. The molecule has 0 unspecified atom stereocenters. The summed E-state index contributed by atoms with van der Waals surface area (Å²) in [6.07, 6.45) is 2.41. The zero-order valence-corrected chi connectivity index (χ0v) is 17.5. The third kappa shape index (κ3) is 4.13. The van der Waals surface area contributed by atoms with Gasteiger partial charge in [0.05, 0.1) is 25.4 Å². The van der Waals surface area contributed by atoms with Crippen LogP contribution in [0.25, 0.3) is 33.8 Å². The van der Waals surface area contributed by atoms with E-state index in [0.29, 0.717) is 40.0 Å². The van der Waals surface area contributed by atoms with E-state index in [2.05, 4.69) is 15.1 Å². The molecule has 0 saturated heterocycles. The number of rotatable bonds is 8. The SMILES string of the molecule is CCCOc1ncc(-c2nc(-c3ccc4oc(C(N)(CO)CO)cc4c3)no2)cc1Cl. The van der Waals surface area contributed by atoms with Crippen LogP contribution in [0.2, 0.25) is 5.02 Å². The number of nitrogens with two attached hydrogens (primary N) is 1. The number of pyridine rings is 1. The fraction of sp³-hybridized carbons (Fsp3) is 0.286. The standard InChI is InChI=1S/C21H21ClN4O5/c1-2-5-29-20-15(22)7-14(9-24-20)19-25-18(26-31-19)12-3-4-16-13(6-12)8-17(30-16)21(23,10-27)11-28/h3-4,6-9,27-28H,2,5,10-11,23H2,1H3. The van der Waals surface area contributed by atoms with Crippen molar-refractivity contribution in [1.29, 1.82) is 0 Å². The van der Waals surface area contributed by atoms with E-state index in [4.69, 9.17) is 31.0 Å². The molecule has 31 heavy (non-hydrogen) atoms. The first-order valence-electron chi connectivity index (χ1n) is 9.65. The van der Waals surface area contributed by atoms with Crippen LogP contribution in [0.4, 0.5) is 0 Å². The van der Waals surface area contributed by atoms with Crippen LogP contribution in [0.1, 0.15) is 19.1 Å². The first kappa shape index (κ1) is 21.3. The molecule has 0 radical (unpaired) electrons. The summed E-state index contributed by atoms with van der Waals surface area (Å²) in [5.74, 6) is 1.27. The van der Waals surface area contributed by atoms with E-state index in [9.17, 15) is 10.2 Å². The van der Waals surface area contributed by atoms with E-state index in [1.165, 1.54) is 0 Å². The van der Waals surface area contributed by atoms with Gasteiger partial charge in [-0.15, -0.1) is 0 Å². The van der Waals surface area contributed by atoms with Gasteiger partial charge in [0, 0.05) is 17.1 Å². The molecule has 3 heterocycles. The Kier molecular flexibility index (Phi) is 5.92.